The maximum Gasteiger partial charge on any atom is 0.527 e. The fourth-order valence-electron chi connectivity index (χ4n) is 1.21. The number of carbonyl (C=O) groups is 2. The third kappa shape index (κ3) is 6.39. The van der Waals surface area contributed by atoms with Crippen molar-refractivity contribution in [3.63, 3.8) is 0 Å². The van der Waals surface area contributed by atoms with Gasteiger partial charge in [-0.1, -0.05) is 0 Å². The van der Waals surface area contributed by atoms with Gasteiger partial charge in [0.25, 0.3) is 0 Å². The van der Waals surface area contributed by atoms with E-state index < -0.39 is 50.7 Å². The van der Waals surface area contributed by atoms with E-state index in [0.29, 0.717) is 0 Å². The maximum atomic E-state index is 11.4. The first-order valence-corrected chi connectivity index (χ1v) is 6.73. The largest absolute Gasteiger partial charge is 0.527 e. The number of phosphoric acid groups is 1. The zero-order chi connectivity index (χ0) is 16.1. The molecule has 0 aliphatic heterocycles. The van der Waals surface area contributed by atoms with Crippen molar-refractivity contribution in [3.8, 4) is 0 Å². The van der Waals surface area contributed by atoms with Crippen LogP contribution in [0, 0.1) is 0 Å². The van der Waals surface area contributed by atoms with Crippen LogP contribution in [0.25, 0.3) is 0 Å². The van der Waals surface area contributed by atoms with Gasteiger partial charge in [-0.25, -0.2) is 9.36 Å². The minimum absolute atomic E-state index is 0.873. The van der Waals surface area contributed by atoms with Crippen molar-refractivity contribution in [2.45, 2.75) is 31.3 Å². The van der Waals surface area contributed by atoms with Gasteiger partial charge < -0.3 is 30.3 Å². The molecule has 0 heterocycles. The predicted molar refractivity (Wildman–Crippen MR) is 60.8 cm³/mol. The lowest BCUT2D eigenvalue weighted by Crippen LogP contribution is -2.56. The third-order valence-corrected chi connectivity index (χ3v) is 2.51. The van der Waals surface area contributed by atoms with E-state index >= 15 is 0 Å². The first kappa shape index (κ1) is 18.9. The van der Waals surface area contributed by atoms with Crippen molar-refractivity contribution >= 4 is 19.7 Å². The van der Waals surface area contributed by atoms with Gasteiger partial charge in [0, 0.05) is 6.92 Å². The Morgan fingerprint density at radius 2 is 1.70 bits per heavy atom. The fraction of sp³-hybridized carbons (Fsp3) is 0.750. The molecule has 0 spiro atoms. The normalized spacial score (nSPS) is 17.8. The molecule has 0 rings (SSSR count). The highest BCUT2D eigenvalue weighted by Crippen LogP contribution is 2.36. The maximum absolute atomic E-state index is 11.4. The lowest BCUT2D eigenvalue weighted by atomic mass is 10.0. The summed E-state index contributed by atoms with van der Waals surface area (Å²) in [5.74, 6) is -2.59. The Morgan fingerprint density at radius 1 is 1.20 bits per heavy atom. The Kier molecular flexibility index (Phi) is 7.23. The quantitative estimate of drug-likeness (QED) is 0.229. The van der Waals surface area contributed by atoms with E-state index in [2.05, 4.69) is 4.52 Å². The molecule has 118 valence electrons. The molecule has 0 aliphatic carbocycles. The summed E-state index contributed by atoms with van der Waals surface area (Å²) in [5.41, 5.74) is 0. The number of aliphatic hydroxyl groups excluding tert-OH is 4. The van der Waals surface area contributed by atoms with Gasteiger partial charge in [-0.05, 0) is 0 Å². The summed E-state index contributed by atoms with van der Waals surface area (Å²) in [6.07, 6.45) is -6.08. The van der Waals surface area contributed by atoms with Crippen LogP contribution in [-0.4, -0.2) is 73.1 Å². The number of hydrogen-bond donors (Lipinski definition) is 7. The summed E-state index contributed by atoms with van der Waals surface area (Å²) >= 11 is 0. The van der Waals surface area contributed by atoms with Gasteiger partial charge in [-0.3, -0.25) is 14.6 Å². The number of amides is 1. The molecule has 0 radical (unpaired) electrons. The second kappa shape index (κ2) is 7.64. The average molecular weight is 317 g/mol. The number of hydrogen-bond acceptors (Lipinski definition) is 8. The Morgan fingerprint density at radius 3 is 2.05 bits per heavy atom. The van der Waals surface area contributed by atoms with Gasteiger partial charge in [0.15, 0.2) is 6.04 Å². The lowest BCUT2D eigenvalue weighted by Gasteiger charge is -2.27. The topological polar surface area (TPSA) is 194 Å². The van der Waals surface area contributed by atoms with Gasteiger partial charge in [0.2, 0.25) is 5.91 Å². The molecule has 0 aromatic rings. The summed E-state index contributed by atoms with van der Waals surface area (Å²) in [4.78, 5) is 39.2. The van der Waals surface area contributed by atoms with Gasteiger partial charge in [0.05, 0.1) is 6.61 Å². The van der Waals surface area contributed by atoms with E-state index in [9.17, 15) is 24.4 Å². The number of carbonyl (C=O) groups excluding carboxylic acids is 2. The molecule has 0 saturated carbocycles. The van der Waals surface area contributed by atoms with Crippen molar-refractivity contribution in [1.29, 1.82) is 0 Å². The van der Waals surface area contributed by atoms with Crippen molar-refractivity contribution in [2.75, 3.05) is 6.61 Å². The van der Waals surface area contributed by atoms with E-state index in [0.717, 1.165) is 6.92 Å². The van der Waals surface area contributed by atoms with E-state index in [1.165, 1.54) is 0 Å². The van der Waals surface area contributed by atoms with Crippen LogP contribution >= 0.6 is 7.82 Å². The number of rotatable bonds is 7. The van der Waals surface area contributed by atoms with Crippen molar-refractivity contribution in [3.05, 3.63) is 0 Å². The van der Waals surface area contributed by atoms with Gasteiger partial charge >= 0.3 is 13.8 Å². The van der Waals surface area contributed by atoms with E-state index in [1.807, 2.05) is 0 Å². The van der Waals surface area contributed by atoms with Crippen LogP contribution in [0.2, 0.25) is 0 Å². The van der Waals surface area contributed by atoms with Crippen LogP contribution in [0.15, 0.2) is 0 Å². The molecule has 20 heavy (non-hydrogen) atoms. The molecule has 0 fully saturated rings. The molecule has 0 saturated heterocycles. The minimum atomic E-state index is -5.23. The number of aliphatic hydroxyl groups is 4. The van der Waals surface area contributed by atoms with Gasteiger partial charge in [0.1, 0.15) is 18.3 Å². The van der Waals surface area contributed by atoms with Crippen LogP contribution < -0.4 is 5.32 Å². The molecule has 0 bridgehead atoms. The van der Waals surface area contributed by atoms with Crippen molar-refractivity contribution < 1.29 is 48.9 Å². The van der Waals surface area contributed by atoms with Crippen LogP contribution in [-0.2, 0) is 18.7 Å². The molecule has 11 nitrogen and oxygen atoms in total. The highest BCUT2D eigenvalue weighted by atomic mass is 31.2. The molecule has 12 heteroatoms. The Hall–Kier alpha value is -1.07. The second-order valence-corrected chi connectivity index (χ2v) is 4.97. The zero-order valence-electron chi connectivity index (χ0n) is 10.3. The lowest BCUT2D eigenvalue weighted by molar-refractivity contribution is -0.150. The van der Waals surface area contributed by atoms with Crippen LogP contribution in [0.1, 0.15) is 6.92 Å². The molecule has 0 aromatic heterocycles. The third-order valence-electron chi connectivity index (χ3n) is 2.09. The molecular formula is C8H16NO10P. The van der Waals surface area contributed by atoms with Crippen molar-refractivity contribution in [1.82, 2.24) is 5.32 Å². The van der Waals surface area contributed by atoms with Gasteiger partial charge in [-0.2, -0.15) is 0 Å². The summed E-state index contributed by atoms with van der Waals surface area (Å²) in [6.45, 7) is -0.0299. The SMILES string of the molecule is CC(=O)N[C@@H](C(=O)OP(=O)(O)O)[C@@H](O)[C@@H](O)[C@H](O)CO. The van der Waals surface area contributed by atoms with Crippen LogP contribution in [0.5, 0.6) is 0 Å². The summed E-state index contributed by atoms with van der Waals surface area (Å²) < 4.78 is 14.2. The second-order valence-electron chi connectivity index (χ2n) is 3.81. The molecular weight excluding hydrogens is 301 g/mol. The standard InChI is InChI=1S/C8H16NO10P/c1-3(11)9-5(8(15)19-20(16,17)18)7(14)6(13)4(12)2-10/h4-7,10,12-14H,2H2,1H3,(H,9,11)(H2,16,17,18)/t4-,5-,6+,7-/m1/s1. The highest BCUT2D eigenvalue weighted by molar-refractivity contribution is 7.46. The Balaban J connectivity index is 5.09. The first-order chi connectivity index (χ1) is 8.99. The van der Waals surface area contributed by atoms with Crippen LogP contribution in [0.3, 0.4) is 0 Å². The van der Waals surface area contributed by atoms with E-state index in [4.69, 9.17) is 20.0 Å². The first-order valence-electron chi connectivity index (χ1n) is 5.20. The molecule has 0 unspecified atom stereocenters. The smallest absolute Gasteiger partial charge is 0.394 e. The fourth-order valence-corrected chi connectivity index (χ4v) is 1.56. The summed E-state index contributed by atoms with van der Waals surface area (Å²) in [6, 6.07) is -2.05. The van der Waals surface area contributed by atoms with E-state index in [-0.39, 0.29) is 0 Å². The number of phosphoric ester groups is 1. The Bertz CT molecular complexity index is 395. The molecule has 0 aliphatic rings. The predicted octanol–water partition coefficient (Wildman–Crippen LogP) is -3.80. The molecule has 0 aromatic carbocycles. The monoisotopic (exact) mass is 317 g/mol. The summed E-state index contributed by atoms with van der Waals surface area (Å²) in [7, 11) is -5.23. The minimum Gasteiger partial charge on any atom is -0.394 e. The van der Waals surface area contributed by atoms with Crippen molar-refractivity contribution in [2.24, 2.45) is 0 Å². The zero-order valence-corrected chi connectivity index (χ0v) is 11.2. The van der Waals surface area contributed by atoms with E-state index in [1.54, 1.807) is 5.32 Å². The number of nitrogens with one attached hydrogen (secondary N) is 1. The van der Waals surface area contributed by atoms with Gasteiger partial charge in [-0.15, -0.1) is 0 Å². The molecule has 7 N–H and O–H groups in total. The average Bonchev–Trinajstić information content (AvgIpc) is 2.30. The summed E-state index contributed by atoms with van der Waals surface area (Å²) in [5, 5.41) is 38.5. The molecule has 4 atom stereocenters. The van der Waals surface area contributed by atoms with Crippen LogP contribution in [0.4, 0.5) is 0 Å². The highest BCUT2D eigenvalue weighted by Gasteiger charge is 2.39. The Labute approximate surface area is 113 Å². The molecule has 1 amide bonds.